The molecular formula is C13H19NO4Si. The van der Waals surface area contributed by atoms with Gasteiger partial charge in [-0.15, -0.1) is 0 Å². The van der Waals surface area contributed by atoms with Crippen LogP contribution in [0.4, 0.5) is 5.69 Å². The average molecular weight is 281 g/mol. The number of phenolic OH excluding ortho intramolecular Hbond substituents is 1. The van der Waals surface area contributed by atoms with E-state index in [-0.39, 0.29) is 27.4 Å². The maximum atomic E-state index is 12.6. The Labute approximate surface area is 113 Å². The molecule has 6 heteroatoms. The van der Waals surface area contributed by atoms with Crippen LogP contribution in [-0.2, 0) is 0 Å². The summed E-state index contributed by atoms with van der Waals surface area (Å²) in [5.74, 6) is -0.132. The monoisotopic (exact) mass is 281 g/mol. The second-order valence-electron chi connectivity index (χ2n) is 6.16. The van der Waals surface area contributed by atoms with E-state index in [0.717, 1.165) is 0 Å². The zero-order chi connectivity index (χ0) is 15.0. The number of carbonyl (C=O) groups is 1. The Morgan fingerprint density at radius 2 is 1.84 bits per heavy atom. The molecule has 0 spiro atoms. The summed E-state index contributed by atoms with van der Waals surface area (Å²) in [5, 5.41) is 20.1. The third kappa shape index (κ3) is 2.84. The van der Waals surface area contributed by atoms with Crippen LogP contribution in [0, 0.1) is 10.1 Å². The van der Waals surface area contributed by atoms with Gasteiger partial charge in [0.2, 0.25) is 0 Å². The third-order valence-corrected chi connectivity index (χ3v) is 9.02. The van der Waals surface area contributed by atoms with E-state index < -0.39 is 13.0 Å². The van der Waals surface area contributed by atoms with Gasteiger partial charge in [0.1, 0.15) is 19.2 Å². The number of nitrogens with zero attached hydrogens (tertiary/aromatic N) is 1. The summed E-state index contributed by atoms with van der Waals surface area (Å²) >= 11 is 0. The molecule has 1 N–H and O–H groups in total. The minimum atomic E-state index is -2.40. The minimum Gasteiger partial charge on any atom is -0.508 e. The van der Waals surface area contributed by atoms with Gasteiger partial charge in [0.05, 0.1) is 10.5 Å². The van der Waals surface area contributed by atoms with Crippen molar-refractivity contribution >= 4 is 19.2 Å². The Balaban J connectivity index is 3.42. The molecule has 1 rings (SSSR count). The molecule has 0 aliphatic rings. The highest BCUT2D eigenvalue weighted by Crippen LogP contribution is 2.39. The summed E-state index contributed by atoms with van der Waals surface area (Å²) in [7, 11) is -2.40. The first-order valence-corrected chi connectivity index (χ1v) is 9.00. The highest BCUT2D eigenvalue weighted by atomic mass is 28.3. The Morgan fingerprint density at radius 3 is 2.26 bits per heavy atom. The van der Waals surface area contributed by atoms with Gasteiger partial charge in [-0.05, 0) is 17.2 Å². The van der Waals surface area contributed by atoms with Crippen molar-refractivity contribution in [3.8, 4) is 5.75 Å². The molecule has 1 aromatic carbocycles. The SMILES string of the molecule is CC(C)(C)[Si](C)(C)C(=O)c1cc(O)ccc1[N+](=O)[O-]. The third-order valence-electron chi connectivity index (χ3n) is 3.86. The van der Waals surface area contributed by atoms with Crippen LogP contribution in [0.15, 0.2) is 18.2 Å². The maximum Gasteiger partial charge on any atom is 0.279 e. The molecule has 1 aromatic rings. The van der Waals surface area contributed by atoms with E-state index in [1.54, 1.807) is 0 Å². The van der Waals surface area contributed by atoms with Crippen molar-refractivity contribution in [1.29, 1.82) is 0 Å². The lowest BCUT2D eigenvalue weighted by Crippen LogP contribution is -2.46. The van der Waals surface area contributed by atoms with E-state index in [1.807, 2.05) is 33.9 Å². The zero-order valence-electron chi connectivity index (χ0n) is 11.9. The van der Waals surface area contributed by atoms with Crippen molar-refractivity contribution in [3.05, 3.63) is 33.9 Å². The molecule has 0 unspecified atom stereocenters. The predicted molar refractivity (Wildman–Crippen MR) is 76.3 cm³/mol. The van der Waals surface area contributed by atoms with Crippen LogP contribution >= 0.6 is 0 Å². The molecule has 0 atom stereocenters. The van der Waals surface area contributed by atoms with Gasteiger partial charge in [-0.25, -0.2) is 0 Å². The molecule has 0 saturated carbocycles. The van der Waals surface area contributed by atoms with E-state index in [2.05, 4.69) is 0 Å². The molecule has 0 amide bonds. The Kier molecular flexibility index (Phi) is 3.86. The van der Waals surface area contributed by atoms with Gasteiger partial charge in [0, 0.05) is 6.07 Å². The number of carbonyl (C=O) groups excluding carboxylic acids is 1. The Hall–Kier alpha value is -1.69. The quantitative estimate of drug-likeness (QED) is 0.522. The second kappa shape index (κ2) is 4.77. The van der Waals surface area contributed by atoms with Crippen LogP contribution in [0.3, 0.4) is 0 Å². The first-order chi connectivity index (χ1) is 8.48. The summed E-state index contributed by atoms with van der Waals surface area (Å²) in [6, 6.07) is 3.59. The van der Waals surface area contributed by atoms with Crippen molar-refractivity contribution < 1.29 is 14.8 Å². The summed E-state index contributed by atoms with van der Waals surface area (Å²) in [6.45, 7) is 9.68. The van der Waals surface area contributed by atoms with Crippen molar-refractivity contribution in [3.63, 3.8) is 0 Å². The van der Waals surface area contributed by atoms with E-state index in [1.165, 1.54) is 18.2 Å². The topological polar surface area (TPSA) is 80.4 Å². The standard InChI is InChI=1S/C13H19NO4Si/c1-13(2,3)19(4,5)12(16)10-8-9(15)6-7-11(10)14(17)18/h6-8,15H,1-5H3. The molecule has 0 radical (unpaired) electrons. The van der Waals surface area contributed by atoms with Crippen LogP contribution in [0.1, 0.15) is 31.1 Å². The predicted octanol–water partition coefficient (Wildman–Crippen LogP) is 3.53. The van der Waals surface area contributed by atoms with Gasteiger partial charge in [-0.2, -0.15) is 0 Å². The molecule has 0 aliphatic heterocycles. The minimum absolute atomic E-state index is 0.0107. The number of nitro benzene ring substituents is 1. The summed E-state index contributed by atoms with van der Waals surface area (Å²) < 4.78 is 0. The van der Waals surface area contributed by atoms with E-state index in [9.17, 15) is 20.0 Å². The lowest BCUT2D eigenvalue weighted by Gasteiger charge is -2.34. The van der Waals surface area contributed by atoms with Crippen LogP contribution in [-0.4, -0.2) is 23.5 Å². The van der Waals surface area contributed by atoms with Crippen molar-refractivity contribution in [2.45, 2.75) is 38.9 Å². The number of nitro groups is 1. The lowest BCUT2D eigenvalue weighted by atomic mass is 10.2. The van der Waals surface area contributed by atoms with Crippen LogP contribution < -0.4 is 0 Å². The number of hydrogen-bond donors (Lipinski definition) is 1. The van der Waals surface area contributed by atoms with Gasteiger partial charge in [-0.3, -0.25) is 14.9 Å². The first kappa shape index (κ1) is 15.4. The first-order valence-electron chi connectivity index (χ1n) is 6.00. The zero-order valence-corrected chi connectivity index (χ0v) is 12.9. The molecule has 5 nitrogen and oxygen atoms in total. The fourth-order valence-electron chi connectivity index (χ4n) is 1.54. The molecule has 0 fully saturated rings. The molecule has 0 aromatic heterocycles. The smallest absolute Gasteiger partial charge is 0.279 e. The number of rotatable bonds is 3. The van der Waals surface area contributed by atoms with Crippen LogP contribution in [0.25, 0.3) is 0 Å². The van der Waals surface area contributed by atoms with E-state index >= 15 is 0 Å². The lowest BCUT2D eigenvalue weighted by molar-refractivity contribution is -0.385. The molecule has 104 valence electrons. The highest BCUT2D eigenvalue weighted by Gasteiger charge is 2.44. The molecular weight excluding hydrogens is 262 g/mol. The normalized spacial score (nSPS) is 12.3. The number of benzene rings is 1. The molecule has 0 aliphatic carbocycles. The number of aromatic hydroxyl groups is 1. The van der Waals surface area contributed by atoms with Gasteiger partial charge in [-0.1, -0.05) is 33.9 Å². The Bertz CT molecular complexity index is 532. The van der Waals surface area contributed by atoms with E-state index in [4.69, 9.17) is 0 Å². The summed E-state index contributed by atoms with van der Waals surface area (Å²) in [6.07, 6.45) is 0. The van der Waals surface area contributed by atoms with E-state index in [0.29, 0.717) is 0 Å². The number of phenols is 1. The summed E-state index contributed by atoms with van der Waals surface area (Å²) in [4.78, 5) is 23.1. The highest BCUT2D eigenvalue weighted by molar-refractivity contribution is 7.08. The second-order valence-corrected chi connectivity index (χ2v) is 11.4. The van der Waals surface area contributed by atoms with Crippen LogP contribution in [0.5, 0.6) is 5.75 Å². The van der Waals surface area contributed by atoms with Crippen LogP contribution in [0.2, 0.25) is 18.1 Å². The summed E-state index contributed by atoms with van der Waals surface area (Å²) in [5.41, 5.74) is -0.232. The van der Waals surface area contributed by atoms with Crippen molar-refractivity contribution in [2.75, 3.05) is 0 Å². The van der Waals surface area contributed by atoms with Crippen molar-refractivity contribution in [2.24, 2.45) is 0 Å². The molecule has 0 heterocycles. The van der Waals surface area contributed by atoms with Crippen molar-refractivity contribution in [1.82, 2.24) is 0 Å². The van der Waals surface area contributed by atoms with Gasteiger partial charge >= 0.3 is 0 Å². The fourth-order valence-corrected chi connectivity index (χ4v) is 3.10. The number of hydrogen-bond acceptors (Lipinski definition) is 4. The van der Waals surface area contributed by atoms with Gasteiger partial charge in [0.25, 0.3) is 5.69 Å². The largest absolute Gasteiger partial charge is 0.508 e. The average Bonchev–Trinajstić information content (AvgIpc) is 2.25. The molecule has 19 heavy (non-hydrogen) atoms. The maximum absolute atomic E-state index is 12.6. The van der Waals surface area contributed by atoms with Gasteiger partial charge in [0.15, 0.2) is 0 Å². The van der Waals surface area contributed by atoms with Gasteiger partial charge < -0.3 is 5.11 Å². The molecule has 0 saturated heterocycles. The fraction of sp³-hybridized carbons (Fsp3) is 0.462. The Morgan fingerprint density at radius 1 is 1.32 bits per heavy atom. The molecule has 0 bridgehead atoms.